The molecule has 0 aliphatic heterocycles. The molecule has 1 amide bonds. The van der Waals surface area contributed by atoms with Gasteiger partial charge in [0, 0.05) is 28.9 Å². The molecule has 1 aliphatic carbocycles. The second-order valence-corrected chi connectivity index (χ2v) is 8.27. The minimum absolute atomic E-state index is 0.0704. The standard InChI is InChI=1S/C21H24N4OS/c1-13(2)12-27-25-16-7-5-14(6-8-16)18-11-19(24-21(26)15-3-4-15)23-20-17(18)9-10-22-20/h5-11,13,15,25H,3-4,12H2,1-2H3,(H2,22,23,24,26). The van der Waals surface area contributed by atoms with Gasteiger partial charge in [0.05, 0.1) is 0 Å². The van der Waals surface area contributed by atoms with Crippen LogP contribution < -0.4 is 10.0 Å². The Labute approximate surface area is 163 Å². The molecule has 0 radical (unpaired) electrons. The van der Waals surface area contributed by atoms with Crippen molar-refractivity contribution in [1.29, 1.82) is 0 Å². The Balaban J connectivity index is 1.58. The minimum atomic E-state index is 0.0704. The fraction of sp³-hybridized carbons (Fsp3) is 0.333. The van der Waals surface area contributed by atoms with Gasteiger partial charge in [0.1, 0.15) is 11.5 Å². The topological polar surface area (TPSA) is 69.8 Å². The summed E-state index contributed by atoms with van der Waals surface area (Å²) in [4.78, 5) is 19.8. The molecule has 3 N–H and O–H groups in total. The van der Waals surface area contributed by atoms with E-state index in [4.69, 9.17) is 0 Å². The molecule has 27 heavy (non-hydrogen) atoms. The van der Waals surface area contributed by atoms with Gasteiger partial charge in [-0.3, -0.25) is 4.79 Å². The minimum Gasteiger partial charge on any atom is -0.346 e. The molecule has 5 nitrogen and oxygen atoms in total. The Morgan fingerprint density at radius 1 is 1.26 bits per heavy atom. The van der Waals surface area contributed by atoms with Crippen molar-refractivity contribution in [3.63, 3.8) is 0 Å². The Morgan fingerprint density at radius 2 is 2.04 bits per heavy atom. The SMILES string of the molecule is CC(C)CSNc1ccc(-c2cc(NC(=O)C3CC3)nc3[nH]ccc23)cc1. The molecule has 0 atom stereocenters. The smallest absolute Gasteiger partial charge is 0.228 e. The second kappa shape index (κ2) is 7.64. The lowest BCUT2D eigenvalue weighted by molar-refractivity contribution is -0.117. The highest BCUT2D eigenvalue weighted by atomic mass is 32.2. The van der Waals surface area contributed by atoms with E-state index < -0.39 is 0 Å². The number of H-pyrrole nitrogens is 1. The number of fused-ring (bicyclic) bond motifs is 1. The summed E-state index contributed by atoms with van der Waals surface area (Å²) in [6.45, 7) is 4.42. The van der Waals surface area contributed by atoms with Crippen molar-refractivity contribution in [2.45, 2.75) is 26.7 Å². The van der Waals surface area contributed by atoms with E-state index >= 15 is 0 Å². The summed E-state index contributed by atoms with van der Waals surface area (Å²) in [5.41, 5.74) is 4.04. The van der Waals surface area contributed by atoms with Crippen molar-refractivity contribution >= 4 is 40.4 Å². The number of carbonyl (C=O) groups is 1. The van der Waals surface area contributed by atoms with E-state index in [0.29, 0.717) is 11.7 Å². The average Bonchev–Trinajstić information content (AvgIpc) is 3.40. The lowest BCUT2D eigenvalue weighted by Gasteiger charge is -2.10. The van der Waals surface area contributed by atoms with E-state index in [2.05, 4.69) is 58.1 Å². The van der Waals surface area contributed by atoms with Gasteiger partial charge in [-0.15, -0.1) is 0 Å². The molecule has 2 heterocycles. The molecule has 0 unspecified atom stereocenters. The van der Waals surface area contributed by atoms with Gasteiger partial charge in [-0.2, -0.15) is 0 Å². The van der Waals surface area contributed by atoms with Gasteiger partial charge in [0.25, 0.3) is 0 Å². The predicted molar refractivity (Wildman–Crippen MR) is 114 cm³/mol. The molecule has 4 rings (SSSR count). The molecule has 0 bridgehead atoms. The summed E-state index contributed by atoms with van der Waals surface area (Å²) in [6.07, 6.45) is 3.84. The van der Waals surface area contributed by atoms with Crippen LogP contribution in [0.5, 0.6) is 0 Å². The highest BCUT2D eigenvalue weighted by Crippen LogP contribution is 2.33. The number of hydrogen-bond donors (Lipinski definition) is 3. The zero-order chi connectivity index (χ0) is 18.8. The highest BCUT2D eigenvalue weighted by molar-refractivity contribution is 8.00. The number of aromatic amines is 1. The molecular formula is C21H24N4OS. The monoisotopic (exact) mass is 380 g/mol. The van der Waals surface area contributed by atoms with Gasteiger partial charge in [-0.25, -0.2) is 4.98 Å². The van der Waals surface area contributed by atoms with Crippen LogP contribution in [-0.4, -0.2) is 21.6 Å². The van der Waals surface area contributed by atoms with Gasteiger partial charge < -0.3 is 15.0 Å². The number of nitrogens with zero attached hydrogens (tertiary/aromatic N) is 1. The number of rotatable bonds is 7. The van der Waals surface area contributed by atoms with Crippen LogP contribution in [0.4, 0.5) is 11.5 Å². The summed E-state index contributed by atoms with van der Waals surface area (Å²) < 4.78 is 3.38. The van der Waals surface area contributed by atoms with Crippen LogP contribution in [0.3, 0.4) is 0 Å². The molecule has 1 aliphatic rings. The molecule has 140 valence electrons. The first kappa shape index (κ1) is 17.9. The zero-order valence-electron chi connectivity index (χ0n) is 15.6. The predicted octanol–water partition coefficient (Wildman–Crippen LogP) is 5.29. The number of amides is 1. The summed E-state index contributed by atoms with van der Waals surface area (Å²) in [7, 11) is 0. The number of benzene rings is 1. The fourth-order valence-corrected chi connectivity index (χ4v) is 3.64. The van der Waals surface area contributed by atoms with E-state index in [1.165, 1.54) is 0 Å². The Morgan fingerprint density at radius 3 is 2.74 bits per heavy atom. The van der Waals surface area contributed by atoms with Crippen molar-refractivity contribution < 1.29 is 4.79 Å². The van der Waals surface area contributed by atoms with Crippen molar-refractivity contribution in [2.75, 3.05) is 15.8 Å². The third-order valence-electron chi connectivity index (χ3n) is 4.53. The maximum atomic E-state index is 12.1. The fourth-order valence-electron chi connectivity index (χ4n) is 2.92. The van der Waals surface area contributed by atoms with Crippen LogP contribution in [0.25, 0.3) is 22.2 Å². The third kappa shape index (κ3) is 4.27. The quantitative estimate of drug-likeness (QED) is 0.487. The largest absolute Gasteiger partial charge is 0.346 e. The molecule has 2 aromatic heterocycles. The van der Waals surface area contributed by atoms with Crippen LogP contribution >= 0.6 is 11.9 Å². The average molecular weight is 381 g/mol. The summed E-state index contributed by atoms with van der Waals surface area (Å²) in [6, 6.07) is 12.4. The molecule has 1 aromatic carbocycles. The number of hydrogen-bond acceptors (Lipinski definition) is 4. The maximum Gasteiger partial charge on any atom is 0.228 e. The maximum absolute atomic E-state index is 12.1. The van der Waals surface area contributed by atoms with Crippen molar-refractivity contribution in [2.24, 2.45) is 11.8 Å². The molecule has 0 saturated heterocycles. The molecule has 3 aromatic rings. The van der Waals surface area contributed by atoms with Gasteiger partial charge >= 0.3 is 0 Å². The summed E-state index contributed by atoms with van der Waals surface area (Å²) >= 11 is 1.73. The zero-order valence-corrected chi connectivity index (χ0v) is 16.4. The molecular weight excluding hydrogens is 356 g/mol. The molecule has 0 spiro atoms. The molecule has 6 heteroatoms. The van der Waals surface area contributed by atoms with E-state index in [9.17, 15) is 4.79 Å². The Kier molecular flexibility index (Phi) is 5.07. The van der Waals surface area contributed by atoms with E-state index in [-0.39, 0.29) is 11.8 Å². The Hall–Kier alpha value is -2.47. The van der Waals surface area contributed by atoms with Crippen LogP contribution in [0, 0.1) is 11.8 Å². The molecule has 1 fully saturated rings. The van der Waals surface area contributed by atoms with Gasteiger partial charge in [-0.05, 0) is 54.2 Å². The van der Waals surface area contributed by atoms with Crippen molar-refractivity contribution in [3.8, 4) is 11.1 Å². The molecule has 1 saturated carbocycles. The van der Waals surface area contributed by atoms with Crippen molar-refractivity contribution in [3.05, 3.63) is 42.6 Å². The first-order valence-corrected chi connectivity index (χ1v) is 10.4. The van der Waals surface area contributed by atoms with Gasteiger partial charge in [0.2, 0.25) is 5.91 Å². The first-order chi connectivity index (χ1) is 13.1. The third-order valence-corrected chi connectivity index (χ3v) is 5.74. The van der Waals surface area contributed by atoms with Crippen LogP contribution in [0.1, 0.15) is 26.7 Å². The number of nitrogens with one attached hydrogen (secondary N) is 3. The van der Waals surface area contributed by atoms with E-state index in [0.717, 1.165) is 46.4 Å². The lowest BCUT2D eigenvalue weighted by atomic mass is 10.0. The Bertz CT molecular complexity index is 944. The summed E-state index contributed by atoms with van der Waals surface area (Å²) in [5.74, 6) is 2.56. The number of aromatic nitrogens is 2. The number of pyridine rings is 1. The second-order valence-electron chi connectivity index (χ2n) is 7.44. The van der Waals surface area contributed by atoms with E-state index in [1.807, 2.05) is 18.3 Å². The van der Waals surface area contributed by atoms with Crippen LogP contribution in [0.2, 0.25) is 0 Å². The lowest BCUT2D eigenvalue weighted by Crippen LogP contribution is -2.14. The van der Waals surface area contributed by atoms with Gasteiger partial charge in [0.15, 0.2) is 0 Å². The highest BCUT2D eigenvalue weighted by Gasteiger charge is 2.30. The summed E-state index contributed by atoms with van der Waals surface area (Å²) in [5, 5.41) is 4.01. The van der Waals surface area contributed by atoms with Crippen LogP contribution in [0.15, 0.2) is 42.6 Å². The van der Waals surface area contributed by atoms with E-state index in [1.54, 1.807) is 11.9 Å². The normalized spacial score (nSPS) is 13.9. The van der Waals surface area contributed by atoms with Crippen molar-refractivity contribution in [1.82, 2.24) is 9.97 Å². The van der Waals surface area contributed by atoms with Crippen LogP contribution in [-0.2, 0) is 4.79 Å². The number of anilines is 2. The van der Waals surface area contributed by atoms with Gasteiger partial charge in [-0.1, -0.05) is 37.9 Å². The number of carbonyl (C=O) groups excluding carboxylic acids is 1. The first-order valence-electron chi connectivity index (χ1n) is 9.37.